The summed E-state index contributed by atoms with van der Waals surface area (Å²) in [5.41, 5.74) is 2.07. The molecule has 0 spiro atoms. The number of aryl methyl sites for hydroxylation is 1. The van der Waals surface area contributed by atoms with Gasteiger partial charge in [0.2, 0.25) is 11.8 Å². The molecule has 0 aliphatic carbocycles. The lowest BCUT2D eigenvalue weighted by Crippen LogP contribution is -2.46. The Morgan fingerprint density at radius 1 is 1.03 bits per heavy atom. The van der Waals surface area contributed by atoms with Gasteiger partial charge >= 0.3 is 0 Å². The number of pyridine rings is 1. The van der Waals surface area contributed by atoms with Crippen LogP contribution in [0.2, 0.25) is 0 Å². The Labute approximate surface area is 180 Å². The van der Waals surface area contributed by atoms with Crippen molar-refractivity contribution in [3.8, 4) is 0 Å². The largest absolute Gasteiger partial charge is 0.337 e. The van der Waals surface area contributed by atoms with Gasteiger partial charge in [0, 0.05) is 38.0 Å². The number of piperidine rings is 1. The number of para-hydroxylation sites is 1. The van der Waals surface area contributed by atoms with Gasteiger partial charge in [0.25, 0.3) is 5.91 Å². The molecule has 3 amide bonds. The molecule has 1 saturated heterocycles. The number of carbonyl (C=O) groups excluding carboxylic acids is 3. The lowest BCUT2D eigenvalue weighted by Gasteiger charge is -2.32. The highest BCUT2D eigenvalue weighted by atomic mass is 16.2. The molecule has 0 saturated carbocycles. The molecule has 160 valence electrons. The van der Waals surface area contributed by atoms with Gasteiger partial charge in [-0.25, -0.2) is 9.99 Å². The number of carbonyl (C=O) groups is 3. The van der Waals surface area contributed by atoms with Gasteiger partial charge in [-0.15, -0.1) is 0 Å². The minimum atomic E-state index is -0.164. The molecular weight excluding hydrogens is 394 g/mol. The van der Waals surface area contributed by atoms with Crippen LogP contribution in [0.25, 0.3) is 0 Å². The molecule has 2 aromatic rings. The molecule has 1 aromatic heterocycles. The van der Waals surface area contributed by atoms with Gasteiger partial charge in [-0.2, -0.15) is 5.10 Å². The average Bonchev–Trinajstić information content (AvgIpc) is 2.81. The molecule has 1 fully saturated rings. The van der Waals surface area contributed by atoms with Gasteiger partial charge in [-0.1, -0.05) is 24.3 Å². The van der Waals surface area contributed by atoms with Crippen molar-refractivity contribution >= 4 is 34.9 Å². The van der Waals surface area contributed by atoms with Crippen molar-refractivity contribution in [2.45, 2.75) is 32.6 Å². The predicted octanol–water partition coefficient (Wildman–Crippen LogP) is 2.75. The van der Waals surface area contributed by atoms with E-state index in [0.717, 1.165) is 5.56 Å². The SMILES string of the molecule is Cc1ccc(NC(=O)C2CCN(C(=O)C3=NN(c4ccccc4)C(=O)CC3)CC2)nc1. The zero-order chi connectivity index (χ0) is 21.8. The molecule has 8 heteroatoms. The molecule has 2 aliphatic rings. The van der Waals surface area contributed by atoms with E-state index in [9.17, 15) is 14.4 Å². The van der Waals surface area contributed by atoms with Gasteiger partial charge in [0.15, 0.2) is 0 Å². The van der Waals surface area contributed by atoms with Gasteiger partial charge in [0.05, 0.1) is 5.69 Å². The third-order valence-electron chi connectivity index (χ3n) is 5.60. The standard InChI is InChI=1S/C23H25N5O3/c1-16-7-9-20(24-15-16)25-22(30)17-11-13-27(14-12-17)23(31)19-8-10-21(29)28(26-19)18-5-3-2-4-6-18/h2-7,9,15,17H,8,10-14H2,1H3,(H,24,25,30). The van der Waals surface area contributed by atoms with Crippen LogP contribution in [0.4, 0.5) is 11.5 Å². The summed E-state index contributed by atoms with van der Waals surface area (Å²) in [6, 6.07) is 12.8. The molecule has 0 atom stereocenters. The number of hydrogen-bond donors (Lipinski definition) is 1. The Morgan fingerprint density at radius 2 is 1.77 bits per heavy atom. The second-order valence-electron chi connectivity index (χ2n) is 7.86. The normalized spacial score (nSPS) is 17.3. The highest BCUT2D eigenvalue weighted by Crippen LogP contribution is 2.23. The van der Waals surface area contributed by atoms with Gasteiger partial charge in [-0.3, -0.25) is 14.4 Å². The van der Waals surface area contributed by atoms with Crippen molar-refractivity contribution in [3.05, 3.63) is 54.2 Å². The molecule has 0 bridgehead atoms. The third-order valence-corrected chi connectivity index (χ3v) is 5.60. The fourth-order valence-corrected chi connectivity index (χ4v) is 3.78. The lowest BCUT2D eigenvalue weighted by molar-refractivity contribution is -0.129. The van der Waals surface area contributed by atoms with Gasteiger partial charge < -0.3 is 10.2 Å². The zero-order valence-corrected chi connectivity index (χ0v) is 17.5. The summed E-state index contributed by atoms with van der Waals surface area (Å²) in [6.07, 6.45) is 3.46. The van der Waals surface area contributed by atoms with Crippen LogP contribution in [-0.2, 0) is 14.4 Å². The van der Waals surface area contributed by atoms with Crippen molar-refractivity contribution in [1.29, 1.82) is 0 Å². The maximum atomic E-state index is 13.0. The van der Waals surface area contributed by atoms with Crippen molar-refractivity contribution < 1.29 is 14.4 Å². The number of likely N-dealkylation sites (tertiary alicyclic amines) is 1. The van der Waals surface area contributed by atoms with Crippen LogP contribution in [-0.4, -0.2) is 46.4 Å². The molecular formula is C23H25N5O3. The smallest absolute Gasteiger partial charge is 0.270 e. The van der Waals surface area contributed by atoms with E-state index in [4.69, 9.17) is 0 Å². The Morgan fingerprint density at radius 3 is 2.45 bits per heavy atom. The predicted molar refractivity (Wildman–Crippen MR) is 118 cm³/mol. The molecule has 0 radical (unpaired) electrons. The zero-order valence-electron chi connectivity index (χ0n) is 17.5. The number of nitrogens with zero attached hydrogens (tertiary/aromatic N) is 4. The first-order chi connectivity index (χ1) is 15.0. The Bertz CT molecular complexity index is 996. The number of aromatic nitrogens is 1. The maximum Gasteiger partial charge on any atom is 0.270 e. The number of hydrogen-bond acceptors (Lipinski definition) is 5. The summed E-state index contributed by atoms with van der Waals surface area (Å²) in [5, 5.41) is 8.51. The summed E-state index contributed by atoms with van der Waals surface area (Å²) in [6.45, 7) is 2.91. The van der Waals surface area contributed by atoms with E-state index in [1.165, 1.54) is 5.01 Å². The summed E-state index contributed by atoms with van der Waals surface area (Å²) < 4.78 is 0. The minimum Gasteiger partial charge on any atom is -0.337 e. The molecule has 1 aromatic carbocycles. The van der Waals surface area contributed by atoms with E-state index >= 15 is 0 Å². The minimum absolute atomic E-state index is 0.0701. The fraction of sp³-hybridized carbons (Fsp3) is 0.348. The molecule has 2 aliphatic heterocycles. The third kappa shape index (κ3) is 4.79. The van der Waals surface area contributed by atoms with E-state index < -0.39 is 0 Å². The van der Waals surface area contributed by atoms with Crippen molar-refractivity contribution in [2.24, 2.45) is 11.0 Å². The van der Waals surface area contributed by atoms with Gasteiger partial charge in [-0.05, 0) is 43.5 Å². The van der Waals surface area contributed by atoms with E-state index in [1.807, 2.05) is 31.2 Å². The first-order valence-corrected chi connectivity index (χ1v) is 10.5. The van der Waals surface area contributed by atoms with Crippen LogP contribution in [0.1, 0.15) is 31.2 Å². The molecule has 4 rings (SSSR count). The number of amides is 3. The Balaban J connectivity index is 1.36. The summed E-state index contributed by atoms with van der Waals surface area (Å²) in [4.78, 5) is 43.7. The number of hydrazone groups is 1. The molecule has 3 heterocycles. The van der Waals surface area contributed by atoms with Crippen LogP contribution >= 0.6 is 0 Å². The number of anilines is 2. The molecule has 1 N–H and O–H groups in total. The Hall–Kier alpha value is -3.55. The van der Waals surface area contributed by atoms with Crippen LogP contribution in [0.3, 0.4) is 0 Å². The van der Waals surface area contributed by atoms with E-state index in [0.29, 0.717) is 49.6 Å². The van der Waals surface area contributed by atoms with Crippen LogP contribution < -0.4 is 10.3 Å². The highest BCUT2D eigenvalue weighted by Gasteiger charge is 2.32. The van der Waals surface area contributed by atoms with Crippen molar-refractivity contribution in [2.75, 3.05) is 23.4 Å². The monoisotopic (exact) mass is 419 g/mol. The molecule has 8 nitrogen and oxygen atoms in total. The Kier molecular flexibility index (Phi) is 6.06. The van der Waals surface area contributed by atoms with E-state index in [-0.39, 0.29) is 30.1 Å². The highest BCUT2D eigenvalue weighted by molar-refractivity contribution is 6.40. The number of rotatable bonds is 4. The quantitative estimate of drug-likeness (QED) is 0.824. The first kappa shape index (κ1) is 20.7. The summed E-state index contributed by atoms with van der Waals surface area (Å²) in [7, 11) is 0. The molecule has 31 heavy (non-hydrogen) atoms. The maximum absolute atomic E-state index is 13.0. The van der Waals surface area contributed by atoms with Gasteiger partial charge in [0.1, 0.15) is 11.5 Å². The van der Waals surface area contributed by atoms with E-state index in [1.54, 1.807) is 29.3 Å². The topological polar surface area (TPSA) is 95.0 Å². The molecule has 0 unspecified atom stereocenters. The van der Waals surface area contributed by atoms with E-state index in [2.05, 4.69) is 15.4 Å². The average molecular weight is 419 g/mol. The van der Waals surface area contributed by atoms with Crippen molar-refractivity contribution in [3.63, 3.8) is 0 Å². The second-order valence-corrected chi connectivity index (χ2v) is 7.86. The van der Waals surface area contributed by atoms with Crippen LogP contribution in [0.15, 0.2) is 53.8 Å². The second kappa shape index (κ2) is 9.07. The fourth-order valence-electron chi connectivity index (χ4n) is 3.78. The summed E-state index contributed by atoms with van der Waals surface area (Å²) in [5.74, 6) is 0.0221. The number of nitrogens with one attached hydrogen (secondary N) is 1. The number of benzene rings is 1. The first-order valence-electron chi connectivity index (χ1n) is 10.5. The van der Waals surface area contributed by atoms with Crippen LogP contribution in [0, 0.1) is 12.8 Å². The lowest BCUT2D eigenvalue weighted by atomic mass is 9.95. The van der Waals surface area contributed by atoms with Crippen LogP contribution in [0.5, 0.6) is 0 Å². The summed E-state index contributed by atoms with van der Waals surface area (Å²) >= 11 is 0. The van der Waals surface area contributed by atoms with Crippen molar-refractivity contribution in [1.82, 2.24) is 9.88 Å².